The van der Waals surface area contributed by atoms with Crippen molar-refractivity contribution in [2.75, 3.05) is 51.3 Å². The molecule has 1 amide bonds. The van der Waals surface area contributed by atoms with Crippen molar-refractivity contribution >= 4 is 23.0 Å². The number of hydrogen-bond acceptors (Lipinski definition) is 6. The van der Waals surface area contributed by atoms with Crippen LogP contribution >= 0.6 is 0 Å². The van der Waals surface area contributed by atoms with Crippen LogP contribution in [0.2, 0.25) is 0 Å². The van der Waals surface area contributed by atoms with Crippen molar-refractivity contribution in [2.45, 2.75) is 24.5 Å². The molecule has 1 N–H and O–H groups in total. The number of likely N-dealkylation sites (tertiary alicyclic amines) is 2. The maximum absolute atomic E-state index is 13.2. The summed E-state index contributed by atoms with van der Waals surface area (Å²) in [6, 6.07) is 19.2. The van der Waals surface area contributed by atoms with Crippen molar-refractivity contribution in [1.29, 1.82) is 0 Å². The highest BCUT2D eigenvalue weighted by Gasteiger charge is 2.47. The van der Waals surface area contributed by atoms with Gasteiger partial charge in [0.2, 0.25) is 5.95 Å². The number of carbonyl (C=O) groups is 1. The molecular formula is C25H30N6O2. The molecule has 2 aromatic carbocycles. The van der Waals surface area contributed by atoms with E-state index in [9.17, 15) is 4.79 Å². The Morgan fingerprint density at radius 3 is 2.55 bits per heavy atom. The number of hydrogen-bond donors (Lipinski definition) is 1. The van der Waals surface area contributed by atoms with Crippen LogP contribution in [-0.2, 0) is 0 Å². The normalized spacial score (nSPS) is 23.2. The highest BCUT2D eigenvalue weighted by molar-refractivity contribution is 5.93. The largest absolute Gasteiger partial charge is 0.492 e. The van der Waals surface area contributed by atoms with Gasteiger partial charge in [0.1, 0.15) is 12.4 Å². The van der Waals surface area contributed by atoms with E-state index in [-0.39, 0.29) is 6.03 Å². The molecule has 3 saturated heterocycles. The number of nitrogens with one attached hydrogen (secondary N) is 1. The maximum Gasteiger partial charge on any atom is 0.329 e. The second-order valence-corrected chi connectivity index (χ2v) is 9.37. The highest BCUT2D eigenvalue weighted by Crippen LogP contribution is 2.35. The molecule has 6 rings (SSSR count). The molecule has 2 unspecified atom stereocenters. The predicted molar refractivity (Wildman–Crippen MR) is 128 cm³/mol. The van der Waals surface area contributed by atoms with Gasteiger partial charge >= 0.3 is 6.03 Å². The van der Waals surface area contributed by atoms with Gasteiger partial charge in [-0.2, -0.15) is 0 Å². The molecule has 3 aliphatic rings. The lowest BCUT2D eigenvalue weighted by Gasteiger charge is -2.48. The summed E-state index contributed by atoms with van der Waals surface area (Å²) in [5, 5.41) is 3.00. The zero-order valence-electron chi connectivity index (χ0n) is 18.9. The van der Waals surface area contributed by atoms with Crippen molar-refractivity contribution in [3.05, 3.63) is 54.6 Å². The standard InChI is InChI=1S/C25H30N6O2/c1-28-14-19-13-18(28)17-30(19)20-15-29(16-20)24-27-22-9-5-6-10-23(22)31(24)25(32)26-11-12-33-21-7-3-2-4-8-21/h2-10,18-20H,11-17H2,1H3,(H,26,32). The van der Waals surface area contributed by atoms with E-state index in [0.29, 0.717) is 31.3 Å². The van der Waals surface area contributed by atoms with E-state index in [1.165, 1.54) is 13.0 Å². The van der Waals surface area contributed by atoms with Gasteiger partial charge in [-0.25, -0.2) is 14.3 Å². The number of fused-ring (bicyclic) bond motifs is 3. The molecule has 33 heavy (non-hydrogen) atoms. The molecule has 4 heterocycles. The van der Waals surface area contributed by atoms with Crippen molar-refractivity contribution in [1.82, 2.24) is 24.7 Å². The summed E-state index contributed by atoms with van der Waals surface area (Å²) in [6.07, 6.45) is 1.29. The van der Waals surface area contributed by atoms with Crippen LogP contribution < -0.4 is 15.0 Å². The van der Waals surface area contributed by atoms with Crippen molar-refractivity contribution in [2.24, 2.45) is 0 Å². The van der Waals surface area contributed by atoms with Gasteiger partial charge < -0.3 is 19.9 Å². The van der Waals surface area contributed by atoms with Gasteiger partial charge in [-0.15, -0.1) is 0 Å². The van der Waals surface area contributed by atoms with Crippen molar-refractivity contribution in [3.8, 4) is 5.75 Å². The van der Waals surface area contributed by atoms with Crippen molar-refractivity contribution in [3.63, 3.8) is 0 Å². The Hall–Kier alpha value is -3.10. The Labute approximate surface area is 193 Å². The van der Waals surface area contributed by atoms with Crippen LogP contribution in [0.15, 0.2) is 54.6 Å². The fourth-order valence-electron chi connectivity index (χ4n) is 5.52. The lowest BCUT2D eigenvalue weighted by atomic mass is 10.1. The third-order valence-electron chi connectivity index (χ3n) is 7.31. The lowest BCUT2D eigenvalue weighted by molar-refractivity contribution is 0.0904. The number of imidazole rings is 1. The van der Waals surface area contributed by atoms with Gasteiger partial charge in [-0.05, 0) is 37.7 Å². The Morgan fingerprint density at radius 2 is 1.79 bits per heavy atom. The zero-order chi connectivity index (χ0) is 22.4. The van der Waals surface area contributed by atoms with E-state index < -0.39 is 0 Å². The van der Waals surface area contributed by atoms with E-state index in [4.69, 9.17) is 9.72 Å². The zero-order valence-corrected chi connectivity index (χ0v) is 18.9. The van der Waals surface area contributed by atoms with Gasteiger partial charge in [-0.1, -0.05) is 30.3 Å². The Bertz CT molecular complexity index is 1140. The Morgan fingerprint density at radius 1 is 1.00 bits per heavy atom. The van der Waals surface area contributed by atoms with Crippen LogP contribution in [0.5, 0.6) is 5.75 Å². The Kier molecular flexibility index (Phi) is 5.19. The summed E-state index contributed by atoms with van der Waals surface area (Å²) >= 11 is 0. The maximum atomic E-state index is 13.2. The van der Waals surface area contributed by atoms with Crippen LogP contribution in [0.1, 0.15) is 6.42 Å². The molecule has 0 radical (unpaired) electrons. The molecular weight excluding hydrogens is 416 g/mol. The summed E-state index contributed by atoms with van der Waals surface area (Å²) < 4.78 is 7.44. The fourth-order valence-corrected chi connectivity index (χ4v) is 5.52. The van der Waals surface area contributed by atoms with Crippen LogP contribution in [0.25, 0.3) is 11.0 Å². The average molecular weight is 447 g/mol. The van der Waals surface area contributed by atoms with E-state index in [0.717, 1.165) is 42.4 Å². The molecule has 3 fully saturated rings. The number of para-hydroxylation sites is 3. The van der Waals surface area contributed by atoms with Gasteiger partial charge in [0, 0.05) is 44.3 Å². The quantitative estimate of drug-likeness (QED) is 0.586. The second kappa shape index (κ2) is 8.35. The Balaban J connectivity index is 1.13. The van der Waals surface area contributed by atoms with Crippen LogP contribution in [0, 0.1) is 0 Å². The average Bonchev–Trinajstić information content (AvgIpc) is 3.48. The third-order valence-corrected chi connectivity index (χ3v) is 7.31. The van der Waals surface area contributed by atoms with E-state index >= 15 is 0 Å². The van der Waals surface area contributed by atoms with Gasteiger partial charge in [0.15, 0.2) is 0 Å². The first-order valence-corrected chi connectivity index (χ1v) is 11.8. The lowest BCUT2D eigenvalue weighted by Crippen LogP contribution is -2.63. The molecule has 0 aliphatic carbocycles. The number of benzene rings is 2. The molecule has 1 aromatic heterocycles. The first kappa shape index (κ1) is 20.5. The summed E-state index contributed by atoms with van der Waals surface area (Å²) in [7, 11) is 2.24. The minimum absolute atomic E-state index is 0.166. The molecule has 8 nitrogen and oxygen atoms in total. The molecule has 8 heteroatoms. The summed E-state index contributed by atoms with van der Waals surface area (Å²) in [5.74, 6) is 1.53. The minimum Gasteiger partial charge on any atom is -0.492 e. The van der Waals surface area contributed by atoms with Crippen LogP contribution in [-0.4, -0.2) is 89.9 Å². The second-order valence-electron chi connectivity index (χ2n) is 9.37. The van der Waals surface area contributed by atoms with E-state index in [1.807, 2.05) is 54.6 Å². The first-order valence-electron chi connectivity index (χ1n) is 11.8. The van der Waals surface area contributed by atoms with Crippen LogP contribution in [0.4, 0.5) is 10.7 Å². The van der Waals surface area contributed by atoms with Crippen molar-refractivity contribution < 1.29 is 9.53 Å². The fraction of sp³-hybridized carbons (Fsp3) is 0.440. The molecule has 3 aromatic rings. The summed E-state index contributed by atoms with van der Waals surface area (Å²) in [4.78, 5) is 25.4. The highest BCUT2D eigenvalue weighted by atomic mass is 16.5. The SMILES string of the molecule is CN1CC2CC1CN2C1CN(c2nc3ccccc3n2C(=O)NCCOc2ccccc2)C1. The topological polar surface area (TPSA) is 65.9 Å². The predicted octanol–water partition coefficient (Wildman–Crippen LogP) is 2.25. The molecule has 172 valence electrons. The third kappa shape index (κ3) is 3.73. The number of carbonyl (C=O) groups excluding carboxylic acids is 1. The molecule has 3 aliphatic heterocycles. The number of piperazine rings is 1. The number of likely N-dealkylation sites (N-methyl/N-ethyl adjacent to an activating group) is 1. The van der Waals surface area contributed by atoms with Gasteiger partial charge in [0.25, 0.3) is 0 Å². The van der Waals surface area contributed by atoms with E-state index in [1.54, 1.807) is 4.57 Å². The van der Waals surface area contributed by atoms with Gasteiger partial charge in [-0.3, -0.25) is 4.90 Å². The van der Waals surface area contributed by atoms with Gasteiger partial charge in [0.05, 0.1) is 17.6 Å². The van der Waals surface area contributed by atoms with Crippen LogP contribution in [0.3, 0.4) is 0 Å². The van der Waals surface area contributed by atoms with E-state index in [2.05, 4.69) is 27.1 Å². The number of nitrogens with zero attached hydrogens (tertiary/aromatic N) is 5. The number of rotatable bonds is 6. The molecule has 2 atom stereocenters. The number of anilines is 1. The molecule has 2 bridgehead atoms. The first-order chi connectivity index (χ1) is 16.2. The molecule has 0 saturated carbocycles. The summed E-state index contributed by atoms with van der Waals surface area (Å²) in [6.45, 7) is 5.01. The number of ether oxygens (including phenoxy) is 1. The molecule has 0 spiro atoms. The number of amides is 1. The summed E-state index contributed by atoms with van der Waals surface area (Å²) in [5.41, 5.74) is 1.67. The number of aromatic nitrogens is 2. The smallest absolute Gasteiger partial charge is 0.329 e. The monoisotopic (exact) mass is 446 g/mol. The minimum atomic E-state index is -0.166.